The minimum Gasteiger partial charge on any atom is -0.337 e. The average molecular weight is 288 g/mol. The van der Waals surface area contributed by atoms with E-state index in [4.69, 9.17) is 5.73 Å². The minimum absolute atomic E-state index is 0.00776. The highest BCUT2D eigenvalue weighted by Gasteiger charge is 2.40. The molecule has 1 amide bonds. The van der Waals surface area contributed by atoms with Gasteiger partial charge in [0.2, 0.25) is 5.91 Å². The predicted octanol–water partition coefficient (Wildman–Crippen LogP) is 0.540. The normalized spacial score (nSPS) is 35.1. The van der Waals surface area contributed by atoms with Crippen molar-refractivity contribution in [1.29, 1.82) is 0 Å². The van der Waals surface area contributed by atoms with E-state index in [-0.39, 0.29) is 17.7 Å². The first-order chi connectivity index (χ1) is 8.95. The number of hydrogen-bond acceptors (Lipinski definition) is 4. The largest absolute Gasteiger partial charge is 0.337 e. The fourth-order valence-corrected chi connectivity index (χ4v) is 5.04. The highest BCUT2D eigenvalue weighted by molar-refractivity contribution is 7.92. The first-order valence-corrected chi connectivity index (χ1v) is 8.89. The molecule has 2 saturated heterocycles. The molecule has 3 atom stereocenters. The highest BCUT2D eigenvalue weighted by atomic mass is 32.2. The van der Waals surface area contributed by atoms with Crippen molar-refractivity contribution >= 4 is 15.7 Å². The van der Waals surface area contributed by atoms with Crippen LogP contribution in [-0.2, 0) is 14.6 Å². The summed E-state index contributed by atoms with van der Waals surface area (Å²) in [5.74, 6) is 0.503. The maximum absolute atomic E-state index is 12.5. The van der Waals surface area contributed by atoms with Gasteiger partial charge >= 0.3 is 0 Å². The molecule has 5 nitrogen and oxygen atoms in total. The standard InChI is InChI=1S/C13H24N2O3S/c1-10-5-6-15(11(8-10)9-14)13(16)12-4-2-3-7-19(12,17)18/h10-12H,2-9,14H2,1H3. The average Bonchev–Trinajstić information content (AvgIpc) is 2.37. The smallest absolute Gasteiger partial charge is 0.241 e. The van der Waals surface area contributed by atoms with Crippen LogP contribution in [-0.4, -0.2) is 49.4 Å². The lowest BCUT2D eigenvalue weighted by Crippen LogP contribution is -2.54. The number of nitrogens with zero attached hydrogens (tertiary/aromatic N) is 1. The van der Waals surface area contributed by atoms with E-state index in [0.717, 1.165) is 19.3 Å². The first-order valence-electron chi connectivity index (χ1n) is 7.18. The van der Waals surface area contributed by atoms with Crippen LogP contribution in [0.25, 0.3) is 0 Å². The van der Waals surface area contributed by atoms with Crippen LogP contribution >= 0.6 is 0 Å². The molecule has 0 spiro atoms. The van der Waals surface area contributed by atoms with Gasteiger partial charge in [-0.2, -0.15) is 0 Å². The van der Waals surface area contributed by atoms with E-state index in [2.05, 4.69) is 6.92 Å². The van der Waals surface area contributed by atoms with Crippen LogP contribution in [0.15, 0.2) is 0 Å². The second-order valence-electron chi connectivity index (χ2n) is 5.90. The van der Waals surface area contributed by atoms with Crippen LogP contribution in [0.4, 0.5) is 0 Å². The summed E-state index contributed by atoms with van der Waals surface area (Å²) in [6.07, 6.45) is 3.81. The zero-order valence-corrected chi connectivity index (χ0v) is 12.4. The van der Waals surface area contributed by atoms with E-state index in [0.29, 0.717) is 31.8 Å². The van der Waals surface area contributed by atoms with Gasteiger partial charge in [-0.05, 0) is 31.6 Å². The van der Waals surface area contributed by atoms with Crippen LogP contribution in [0.1, 0.15) is 39.0 Å². The van der Waals surface area contributed by atoms with E-state index in [1.165, 1.54) is 0 Å². The van der Waals surface area contributed by atoms with Crippen LogP contribution < -0.4 is 5.73 Å². The highest BCUT2D eigenvalue weighted by Crippen LogP contribution is 2.27. The van der Waals surface area contributed by atoms with Crippen molar-refractivity contribution in [3.8, 4) is 0 Å². The summed E-state index contributed by atoms with van der Waals surface area (Å²) < 4.78 is 24.1. The molecule has 19 heavy (non-hydrogen) atoms. The number of nitrogens with two attached hydrogens (primary N) is 1. The van der Waals surface area contributed by atoms with Crippen molar-refractivity contribution < 1.29 is 13.2 Å². The van der Waals surface area contributed by atoms with Gasteiger partial charge in [0.25, 0.3) is 0 Å². The van der Waals surface area contributed by atoms with Gasteiger partial charge in [-0.15, -0.1) is 0 Å². The molecule has 6 heteroatoms. The van der Waals surface area contributed by atoms with Crippen LogP contribution in [0, 0.1) is 5.92 Å². The second-order valence-corrected chi connectivity index (χ2v) is 8.21. The molecule has 0 saturated carbocycles. The molecular formula is C13H24N2O3S. The maximum atomic E-state index is 12.5. The van der Waals surface area contributed by atoms with Crippen LogP contribution in [0.2, 0.25) is 0 Å². The molecule has 0 aliphatic carbocycles. The van der Waals surface area contributed by atoms with Crippen molar-refractivity contribution in [2.24, 2.45) is 11.7 Å². The lowest BCUT2D eigenvalue weighted by Gasteiger charge is -2.40. The molecule has 3 unspecified atom stereocenters. The lowest BCUT2D eigenvalue weighted by molar-refractivity contribution is -0.135. The molecule has 2 heterocycles. The van der Waals surface area contributed by atoms with E-state index < -0.39 is 15.1 Å². The Bertz CT molecular complexity index is 435. The Morgan fingerprint density at radius 1 is 1.32 bits per heavy atom. The van der Waals surface area contributed by atoms with Crippen LogP contribution in [0.5, 0.6) is 0 Å². The monoisotopic (exact) mass is 288 g/mol. The van der Waals surface area contributed by atoms with Gasteiger partial charge in [0.05, 0.1) is 5.75 Å². The van der Waals surface area contributed by atoms with Crippen molar-refractivity contribution in [3.63, 3.8) is 0 Å². The molecule has 2 N–H and O–H groups in total. The Labute approximate surface area is 115 Å². The SMILES string of the molecule is CC1CCN(C(=O)C2CCCCS2(=O)=O)C(CN)C1. The molecule has 2 fully saturated rings. The second kappa shape index (κ2) is 5.79. The molecule has 0 bridgehead atoms. The van der Waals surface area contributed by atoms with Crippen molar-refractivity contribution in [2.75, 3.05) is 18.8 Å². The number of amides is 1. The number of hydrogen-bond donors (Lipinski definition) is 1. The number of carbonyl (C=O) groups excluding carboxylic acids is 1. The van der Waals surface area contributed by atoms with E-state index in [9.17, 15) is 13.2 Å². The third-order valence-electron chi connectivity index (χ3n) is 4.39. The zero-order valence-electron chi connectivity index (χ0n) is 11.5. The van der Waals surface area contributed by atoms with Crippen LogP contribution in [0.3, 0.4) is 0 Å². The van der Waals surface area contributed by atoms with Gasteiger partial charge in [0, 0.05) is 19.1 Å². The fraction of sp³-hybridized carbons (Fsp3) is 0.923. The number of sulfone groups is 1. The van der Waals surface area contributed by atoms with E-state index in [1.54, 1.807) is 4.90 Å². The molecule has 0 aromatic rings. The Balaban J connectivity index is 2.14. The summed E-state index contributed by atoms with van der Waals surface area (Å²) in [5.41, 5.74) is 5.75. The molecule has 110 valence electrons. The molecule has 0 aromatic carbocycles. The Morgan fingerprint density at radius 3 is 2.68 bits per heavy atom. The minimum atomic E-state index is -3.25. The van der Waals surface area contributed by atoms with Crippen molar-refractivity contribution in [3.05, 3.63) is 0 Å². The molecule has 2 aliphatic rings. The summed E-state index contributed by atoms with van der Waals surface area (Å²) in [6, 6.07) is 0.00776. The number of rotatable bonds is 2. The molecule has 2 rings (SSSR count). The summed E-state index contributed by atoms with van der Waals surface area (Å²) in [7, 11) is -3.25. The van der Waals surface area contributed by atoms with Gasteiger partial charge in [-0.3, -0.25) is 4.79 Å². The number of likely N-dealkylation sites (tertiary alicyclic amines) is 1. The Kier molecular flexibility index (Phi) is 4.50. The first kappa shape index (κ1) is 14.8. The fourth-order valence-electron chi connectivity index (χ4n) is 3.18. The summed E-state index contributed by atoms with van der Waals surface area (Å²) >= 11 is 0. The molecule has 0 radical (unpaired) electrons. The van der Waals surface area contributed by atoms with Gasteiger partial charge in [0.15, 0.2) is 9.84 Å². The topological polar surface area (TPSA) is 80.5 Å². The Hall–Kier alpha value is -0.620. The van der Waals surface area contributed by atoms with E-state index in [1.807, 2.05) is 0 Å². The van der Waals surface area contributed by atoms with E-state index >= 15 is 0 Å². The van der Waals surface area contributed by atoms with Gasteiger partial charge in [0.1, 0.15) is 5.25 Å². The summed E-state index contributed by atoms with van der Waals surface area (Å²) in [6.45, 7) is 3.22. The molecule has 0 aromatic heterocycles. The number of carbonyl (C=O) groups is 1. The van der Waals surface area contributed by atoms with Gasteiger partial charge in [-0.1, -0.05) is 13.3 Å². The van der Waals surface area contributed by atoms with Crippen molar-refractivity contribution in [1.82, 2.24) is 4.90 Å². The lowest BCUT2D eigenvalue weighted by atomic mass is 9.92. The number of piperidine rings is 1. The molecule has 2 aliphatic heterocycles. The third kappa shape index (κ3) is 3.11. The van der Waals surface area contributed by atoms with Gasteiger partial charge < -0.3 is 10.6 Å². The maximum Gasteiger partial charge on any atom is 0.241 e. The Morgan fingerprint density at radius 2 is 2.05 bits per heavy atom. The third-order valence-corrected chi connectivity index (χ3v) is 6.55. The quantitative estimate of drug-likeness (QED) is 0.804. The predicted molar refractivity (Wildman–Crippen MR) is 74.4 cm³/mol. The summed E-state index contributed by atoms with van der Waals surface area (Å²) in [4.78, 5) is 14.3. The zero-order chi connectivity index (χ0) is 14.0. The molecular weight excluding hydrogens is 264 g/mol. The van der Waals surface area contributed by atoms with Crippen molar-refractivity contribution in [2.45, 2.75) is 50.3 Å². The van der Waals surface area contributed by atoms with Gasteiger partial charge in [-0.25, -0.2) is 8.42 Å². The summed E-state index contributed by atoms with van der Waals surface area (Å²) in [5, 5.41) is -0.816.